The topological polar surface area (TPSA) is 74.3 Å². The lowest BCUT2D eigenvalue weighted by molar-refractivity contribution is -0.145. The summed E-state index contributed by atoms with van der Waals surface area (Å²) in [5.41, 5.74) is 2.30. The minimum atomic E-state index is -0.463. The average molecular weight is 464 g/mol. The summed E-state index contributed by atoms with van der Waals surface area (Å²) in [6.45, 7) is 2.71. The summed E-state index contributed by atoms with van der Waals surface area (Å²) in [7, 11) is 4.41. The maximum Gasteiger partial charge on any atom is 0.331 e. The van der Waals surface area contributed by atoms with Gasteiger partial charge in [-0.15, -0.1) is 0 Å². The Hall–Kier alpha value is -2.77. The molecule has 8 heteroatoms. The smallest absolute Gasteiger partial charge is 0.331 e. The number of carbonyl (C=O) groups excluding carboxylic acids is 2. The molecule has 0 saturated carbocycles. The van der Waals surface area contributed by atoms with Crippen LogP contribution in [-0.2, 0) is 20.7 Å². The van der Waals surface area contributed by atoms with Crippen LogP contribution >= 0.6 is 11.6 Å². The Bertz CT molecular complexity index is 892. The summed E-state index contributed by atoms with van der Waals surface area (Å²) in [4.78, 5) is 26.3. The molecule has 0 saturated heterocycles. The normalized spacial score (nSPS) is 10.5. The molecule has 0 unspecified atom stereocenters. The van der Waals surface area contributed by atoms with E-state index in [1.165, 1.54) is 7.11 Å². The van der Waals surface area contributed by atoms with Gasteiger partial charge in [-0.1, -0.05) is 29.8 Å². The molecule has 0 aromatic heterocycles. The fraction of sp³-hybridized carbons (Fsp3) is 0.417. The molecule has 0 atom stereocenters. The predicted molar refractivity (Wildman–Crippen MR) is 123 cm³/mol. The molecule has 0 aliphatic carbocycles. The van der Waals surface area contributed by atoms with E-state index in [-0.39, 0.29) is 19.1 Å². The Labute approximate surface area is 194 Å². The third-order valence-corrected chi connectivity index (χ3v) is 5.44. The maximum absolute atomic E-state index is 13.3. The number of aryl methyl sites for hydroxylation is 1. The lowest BCUT2D eigenvalue weighted by Gasteiger charge is -2.24. The molecule has 0 bridgehead atoms. The van der Waals surface area contributed by atoms with Crippen molar-refractivity contribution in [3.05, 3.63) is 58.1 Å². The largest absolute Gasteiger partial charge is 0.496 e. The van der Waals surface area contributed by atoms with Crippen molar-refractivity contribution in [2.75, 3.05) is 47.6 Å². The second kappa shape index (κ2) is 12.9. The molecular formula is C24H30ClNO6. The molecule has 0 N–H and O–H groups in total. The molecule has 7 nitrogen and oxygen atoms in total. The van der Waals surface area contributed by atoms with E-state index in [0.29, 0.717) is 41.6 Å². The van der Waals surface area contributed by atoms with Crippen LogP contribution in [0.1, 0.15) is 27.9 Å². The highest BCUT2D eigenvalue weighted by atomic mass is 35.5. The molecule has 174 valence electrons. The second-order valence-corrected chi connectivity index (χ2v) is 7.53. The fourth-order valence-electron chi connectivity index (χ4n) is 3.26. The summed E-state index contributed by atoms with van der Waals surface area (Å²) in [5, 5.41) is 0.708. The molecule has 0 radical (unpaired) electrons. The molecule has 2 rings (SSSR count). The molecule has 0 aliphatic heterocycles. The first-order valence-electron chi connectivity index (χ1n) is 10.3. The molecule has 0 heterocycles. The number of carbonyl (C=O) groups is 2. The third-order valence-electron chi connectivity index (χ3n) is 5.07. The zero-order valence-corrected chi connectivity index (χ0v) is 19.7. The van der Waals surface area contributed by atoms with E-state index >= 15 is 0 Å². The van der Waals surface area contributed by atoms with E-state index in [9.17, 15) is 9.59 Å². The van der Waals surface area contributed by atoms with Crippen LogP contribution in [0.5, 0.6) is 11.5 Å². The first-order valence-corrected chi connectivity index (χ1v) is 10.7. The van der Waals surface area contributed by atoms with Crippen molar-refractivity contribution >= 4 is 23.5 Å². The van der Waals surface area contributed by atoms with E-state index < -0.39 is 5.97 Å². The van der Waals surface area contributed by atoms with Crippen molar-refractivity contribution in [2.45, 2.75) is 19.8 Å². The monoisotopic (exact) mass is 463 g/mol. The molecule has 0 fully saturated rings. The van der Waals surface area contributed by atoms with Crippen LogP contribution in [0.25, 0.3) is 0 Å². The molecule has 32 heavy (non-hydrogen) atoms. The van der Waals surface area contributed by atoms with E-state index in [2.05, 4.69) is 4.74 Å². The second-order valence-electron chi connectivity index (χ2n) is 7.12. The van der Waals surface area contributed by atoms with Crippen LogP contribution in [0.3, 0.4) is 0 Å². The van der Waals surface area contributed by atoms with Crippen molar-refractivity contribution in [3.63, 3.8) is 0 Å². The van der Waals surface area contributed by atoms with Gasteiger partial charge in [-0.3, -0.25) is 4.79 Å². The van der Waals surface area contributed by atoms with Crippen molar-refractivity contribution in [1.82, 2.24) is 4.90 Å². The number of benzene rings is 2. The quantitative estimate of drug-likeness (QED) is 0.351. The molecular weight excluding hydrogens is 434 g/mol. The van der Waals surface area contributed by atoms with Gasteiger partial charge >= 0.3 is 5.97 Å². The lowest BCUT2D eigenvalue weighted by atomic mass is 10.1. The van der Waals surface area contributed by atoms with E-state index in [0.717, 1.165) is 17.5 Å². The molecule has 1 amide bonds. The van der Waals surface area contributed by atoms with E-state index in [1.54, 1.807) is 31.3 Å². The van der Waals surface area contributed by atoms with Gasteiger partial charge in [-0.25, -0.2) is 4.79 Å². The number of hydrogen-bond acceptors (Lipinski definition) is 6. The lowest BCUT2D eigenvalue weighted by Crippen LogP contribution is -2.35. The zero-order chi connectivity index (χ0) is 23.5. The van der Waals surface area contributed by atoms with Crippen LogP contribution < -0.4 is 9.47 Å². The number of methoxy groups -OCH3 is 3. The summed E-state index contributed by atoms with van der Waals surface area (Å²) in [6.07, 6.45) is 1.44. The van der Waals surface area contributed by atoms with E-state index in [1.807, 2.05) is 31.2 Å². The first-order chi connectivity index (χ1) is 15.4. The predicted octanol–water partition coefficient (Wildman–Crippen LogP) is 3.93. The number of hydrogen-bond donors (Lipinski definition) is 0. The van der Waals surface area contributed by atoms with E-state index in [4.69, 9.17) is 25.8 Å². The number of rotatable bonds is 12. The van der Waals surface area contributed by atoms with Crippen LogP contribution in [-0.4, -0.2) is 64.4 Å². The van der Waals surface area contributed by atoms with Crippen molar-refractivity contribution < 1.29 is 28.5 Å². The molecule has 0 aliphatic rings. The summed E-state index contributed by atoms with van der Waals surface area (Å²) < 4.78 is 20.7. The molecule has 0 spiro atoms. The minimum Gasteiger partial charge on any atom is -0.496 e. The van der Waals surface area contributed by atoms with Gasteiger partial charge in [0.15, 0.2) is 0 Å². The Kier molecular flexibility index (Phi) is 10.3. The van der Waals surface area contributed by atoms with Gasteiger partial charge in [0.05, 0.1) is 27.9 Å². The highest BCUT2D eigenvalue weighted by Gasteiger charge is 2.19. The van der Waals surface area contributed by atoms with Gasteiger partial charge in [0, 0.05) is 29.2 Å². The summed E-state index contributed by atoms with van der Waals surface area (Å²) >= 11 is 6.25. The third kappa shape index (κ3) is 7.14. The fourth-order valence-corrected chi connectivity index (χ4v) is 3.49. The SMILES string of the molecule is COC(=O)COCCN(CCCc1ccccc1Cl)C(=O)c1cc(OC)c(C)c(OC)c1. The van der Waals surface area contributed by atoms with Gasteiger partial charge in [0.2, 0.25) is 0 Å². The van der Waals surface area contributed by atoms with Gasteiger partial charge in [-0.2, -0.15) is 0 Å². The average Bonchev–Trinajstić information content (AvgIpc) is 2.81. The number of amides is 1. The Morgan fingerprint density at radius 2 is 1.66 bits per heavy atom. The Morgan fingerprint density at radius 3 is 2.25 bits per heavy atom. The molecule has 2 aromatic rings. The highest BCUT2D eigenvalue weighted by molar-refractivity contribution is 6.31. The Balaban J connectivity index is 2.14. The van der Waals surface area contributed by atoms with Gasteiger partial charge in [0.25, 0.3) is 5.91 Å². The maximum atomic E-state index is 13.3. The van der Waals surface area contributed by atoms with Gasteiger partial charge in [0.1, 0.15) is 18.1 Å². The van der Waals surface area contributed by atoms with Gasteiger partial charge < -0.3 is 23.8 Å². The molecule has 2 aromatic carbocycles. The number of halogens is 1. The Morgan fingerprint density at radius 1 is 1.00 bits per heavy atom. The highest BCUT2D eigenvalue weighted by Crippen LogP contribution is 2.30. The number of ether oxygens (including phenoxy) is 4. The van der Waals surface area contributed by atoms with Crippen LogP contribution in [0.4, 0.5) is 0 Å². The summed E-state index contributed by atoms with van der Waals surface area (Å²) in [6, 6.07) is 11.1. The van der Waals surface area contributed by atoms with Crippen molar-refractivity contribution in [1.29, 1.82) is 0 Å². The summed E-state index contributed by atoms with van der Waals surface area (Å²) in [5.74, 6) is 0.508. The number of esters is 1. The van der Waals surface area contributed by atoms with Crippen molar-refractivity contribution in [3.8, 4) is 11.5 Å². The number of nitrogens with zero attached hydrogens (tertiary/aromatic N) is 1. The standard InChI is InChI=1S/C24H30ClNO6/c1-17-21(29-2)14-19(15-22(17)30-3)24(28)26(12-13-32-16-23(27)31-4)11-7-9-18-8-5-6-10-20(18)25/h5-6,8,10,14-15H,7,9,11-13,16H2,1-4H3. The minimum absolute atomic E-state index is 0.162. The van der Waals surface area contributed by atoms with Crippen LogP contribution in [0, 0.1) is 6.92 Å². The van der Waals surface area contributed by atoms with Crippen LogP contribution in [0.15, 0.2) is 36.4 Å². The van der Waals surface area contributed by atoms with Crippen LogP contribution in [0.2, 0.25) is 5.02 Å². The van der Waals surface area contributed by atoms with Gasteiger partial charge in [-0.05, 0) is 43.5 Å². The zero-order valence-electron chi connectivity index (χ0n) is 19.0. The first kappa shape index (κ1) is 25.5. The van der Waals surface area contributed by atoms with Crippen molar-refractivity contribution in [2.24, 2.45) is 0 Å².